The monoisotopic (exact) mass is 306 g/mol. The molecule has 0 atom stereocenters. The molecule has 0 bridgehead atoms. The van der Waals surface area contributed by atoms with E-state index in [0.29, 0.717) is 18.3 Å². The quantitative estimate of drug-likeness (QED) is 0.634. The van der Waals surface area contributed by atoms with Crippen LogP contribution in [0.4, 0.5) is 0 Å². The predicted octanol–water partition coefficient (Wildman–Crippen LogP) is 2.00. The van der Waals surface area contributed by atoms with Gasteiger partial charge in [-0.05, 0) is 42.4 Å². The topological polar surface area (TPSA) is 44.1 Å². The van der Waals surface area contributed by atoms with Crippen molar-refractivity contribution in [1.29, 1.82) is 0 Å². The first-order chi connectivity index (χ1) is 6.74. The maximum absolute atomic E-state index is 11.6. The van der Waals surface area contributed by atoms with Gasteiger partial charge in [-0.15, -0.1) is 0 Å². The van der Waals surface area contributed by atoms with E-state index in [1.807, 2.05) is 6.92 Å². The highest BCUT2D eigenvalue weighted by Gasteiger charge is 2.30. The third-order valence-corrected chi connectivity index (χ3v) is 2.90. The number of hydrogen-bond acceptors (Lipinski definition) is 3. The van der Waals surface area contributed by atoms with Gasteiger partial charge in [0.05, 0.1) is 22.4 Å². The molecule has 0 unspecified atom stereocenters. The Hall–Kier alpha value is -0.590. The molecule has 0 N–H and O–H groups in total. The molecule has 1 fully saturated rings. The fraction of sp³-hybridized carbons (Fsp3) is 0.556. The summed E-state index contributed by atoms with van der Waals surface area (Å²) in [5.74, 6) is -0.263. The Morgan fingerprint density at radius 3 is 3.07 bits per heavy atom. The molecule has 1 aromatic rings. The summed E-state index contributed by atoms with van der Waals surface area (Å²) < 4.78 is 7.64. The summed E-state index contributed by atoms with van der Waals surface area (Å²) in [6.07, 6.45) is 3.94. The molecule has 0 saturated heterocycles. The lowest BCUT2D eigenvalue weighted by molar-refractivity contribution is 0.0510. The van der Waals surface area contributed by atoms with Crippen LogP contribution < -0.4 is 0 Å². The second-order valence-corrected chi connectivity index (χ2v) is 4.40. The van der Waals surface area contributed by atoms with Crippen molar-refractivity contribution in [2.75, 3.05) is 6.61 Å². The average Bonchev–Trinajstić information content (AvgIpc) is 2.90. The van der Waals surface area contributed by atoms with Crippen molar-refractivity contribution < 1.29 is 9.53 Å². The molecule has 1 saturated carbocycles. The van der Waals surface area contributed by atoms with E-state index in [-0.39, 0.29) is 5.97 Å². The summed E-state index contributed by atoms with van der Waals surface area (Å²) >= 11 is 2.11. The number of esters is 1. The third kappa shape index (κ3) is 1.77. The Balaban J connectivity index is 2.29. The van der Waals surface area contributed by atoms with Gasteiger partial charge in [-0.25, -0.2) is 4.79 Å². The van der Waals surface area contributed by atoms with Gasteiger partial charge in [0.1, 0.15) is 0 Å². The van der Waals surface area contributed by atoms with Crippen LogP contribution in [0.15, 0.2) is 6.20 Å². The van der Waals surface area contributed by atoms with E-state index >= 15 is 0 Å². The summed E-state index contributed by atoms with van der Waals surface area (Å²) in [7, 11) is 0. The summed E-state index contributed by atoms with van der Waals surface area (Å²) in [4.78, 5) is 11.6. The zero-order chi connectivity index (χ0) is 10.1. The van der Waals surface area contributed by atoms with Crippen molar-refractivity contribution in [3.05, 3.63) is 15.5 Å². The molecular weight excluding hydrogens is 295 g/mol. The summed E-state index contributed by atoms with van der Waals surface area (Å²) in [5.41, 5.74) is 0.606. The lowest BCUT2D eigenvalue weighted by Crippen LogP contribution is -2.13. The van der Waals surface area contributed by atoms with E-state index in [1.165, 1.54) is 0 Å². The van der Waals surface area contributed by atoms with Gasteiger partial charge in [-0.3, -0.25) is 4.68 Å². The van der Waals surface area contributed by atoms with Crippen LogP contribution in [0.1, 0.15) is 36.3 Å². The Morgan fingerprint density at radius 1 is 1.79 bits per heavy atom. The minimum Gasteiger partial charge on any atom is -0.461 e. The first kappa shape index (κ1) is 9.95. The van der Waals surface area contributed by atoms with Crippen LogP contribution in [0.25, 0.3) is 0 Å². The molecule has 1 heterocycles. The van der Waals surface area contributed by atoms with E-state index in [0.717, 1.165) is 16.4 Å². The van der Waals surface area contributed by atoms with E-state index in [9.17, 15) is 4.79 Å². The number of halogens is 1. The number of hydrogen-bond donors (Lipinski definition) is 0. The second-order valence-electron chi connectivity index (χ2n) is 3.24. The van der Waals surface area contributed by atoms with Crippen molar-refractivity contribution in [1.82, 2.24) is 9.78 Å². The van der Waals surface area contributed by atoms with Crippen LogP contribution in [0.5, 0.6) is 0 Å². The molecule has 5 heteroatoms. The van der Waals surface area contributed by atoms with E-state index in [4.69, 9.17) is 4.74 Å². The Labute approximate surface area is 95.8 Å². The number of carbonyl (C=O) groups is 1. The highest BCUT2D eigenvalue weighted by Crippen LogP contribution is 2.36. The molecule has 0 aromatic carbocycles. The van der Waals surface area contributed by atoms with Crippen LogP contribution >= 0.6 is 22.6 Å². The molecule has 0 spiro atoms. The summed E-state index contributed by atoms with van der Waals surface area (Å²) in [6.45, 7) is 2.22. The van der Waals surface area contributed by atoms with Gasteiger partial charge in [0.25, 0.3) is 0 Å². The Kier molecular flexibility index (Phi) is 2.76. The molecule has 1 aliphatic rings. The van der Waals surface area contributed by atoms with Gasteiger partial charge in [-0.1, -0.05) is 0 Å². The van der Waals surface area contributed by atoms with E-state index < -0.39 is 0 Å². The fourth-order valence-corrected chi connectivity index (χ4v) is 1.92. The Morgan fingerprint density at radius 2 is 2.50 bits per heavy atom. The maximum Gasteiger partial charge on any atom is 0.357 e. The minimum absolute atomic E-state index is 0.263. The SMILES string of the molecule is CCOC(=O)c1c(I)cnn1C1CC1. The van der Waals surface area contributed by atoms with Gasteiger partial charge in [0.2, 0.25) is 0 Å². The zero-order valence-electron chi connectivity index (χ0n) is 7.86. The molecule has 4 nitrogen and oxygen atoms in total. The average molecular weight is 306 g/mol. The highest BCUT2D eigenvalue weighted by atomic mass is 127. The smallest absolute Gasteiger partial charge is 0.357 e. The summed E-state index contributed by atoms with van der Waals surface area (Å²) in [6, 6.07) is 0.415. The van der Waals surface area contributed by atoms with Crippen molar-refractivity contribution >= 4 is 28.6 Å². The third-order valence-electron chi connectivity index (χ3n) is 2.11. The molecule has 1 aliphatic carbocycles. The van der Waals surface area contributed by atoms with Crippen LogP contribution in [0.2, 0.25) is 0 Å². The summed E-state index contributed by atoms with van der Waals surface area (Å²) in [5, 5.41) is 4.19. The van der Waals surface area contributed by atoms with Crippen molar-refractivity contribution in [3.63, 3.8) is 0 Å². The first-order valence-corrected chi connectivity index (χ1v) is 5.72. The fourth-order valence-electron chi connectivity index (χ4n) is 1.33. The van der Waals surface area contributed by atoms with E-state index in [1.54, 1.807) is 10.9 Å². The molecular formula is C9H11IN2O2. The van der Waals surface area contributed by atoms with Crippen LogP contribution in [0.3, 0.4) is 0 Å². The number of nitrogens with zero attached hydrogens (tertiary/aromatic N) is 2. The largest absolute Gasteiger partial charge is 0.461 e. The Bertz CT molecular complexity index is 358. The van der Waals surface area contributed by atoms with Crippen LogP contribution in [-0.4, -0.2) is 22.4 Å². The molecule has 1 aromatic heterocycles. The highest BCUT2D eigenvalue weighted by molar-refractivity contribution is 14.1. The number of aromatic nitrogens is 2. The molecule has 0 radical (unpaired) electrons. The minimum atomic E-state index is -0.263. The second kappa shape index (κ2) is 3.88. The van der Waals surface area contributed by atoms with Gasteiger partial charge in [0.15, 0.2) is 5.69 Å². The first-order valence-electron chi connectivity index (χ1n) is 4.64. The molecule has 14 heavy (non-hydrogen) atoms. The van der Waals surface area contributed by atoms with Gasteiger partial charge in [0, 0.05) is 0 Å². The predicted molar refractivity (Wildman–Crippen MR) is 59.2 cm³/mol. The lowest BCUT2D eigenvalue weighted by atomic mass is 10.4. The maximum atomic E-state index is 11.6. The molecule has 76 valence electrons. The molecule has 0 aliphatic heterocycles. The van der Waals surface area contributed by atoms with Crippen LogP contribution in [-0.2, 0) is 4.74 Å². The van der Waals surface area contributed by atoms with Crippen LogP contribution in [0, 0.1) is 3.57 Å². The van der Waals surface area contributed by atoms with Gasteiger partial charge < -0.3 is 4.74 Å². The normalized spacial score (nSPS) is 15.6. The number of carbonyl (C=O) groups excluding carboxylic acids is 1. The van der Waals surface area contributed by atoms with Crippen molar-refractivity contribution in [2.45, 2.75) is 25.8 Å². The number of rotatable bonds is 3. The van der Waals surface area contributed by atoms with Gasteiger partial charge in [-0.2, -0.15) is 5.10 Å². The van der Waals surface area contributed by atoms with Crippen molar-refractivity contribution in [3.8, 4) is 0 Å². The van der Waals surface area contributed by atoms with Crippen molar-refractivity contribution in [2.24, 2.45) is 0 Å². The zero-order valence-corrected chi connectivity index (χ0v) is 10.0. The van der Waals surface area contributed by atoms with Gasteiger partial charge >= 0.3 is 5.97 Å². The molecule has 0 amide bonds. The van der Waals surface area contributed by atoms with E-state index in [2.05, 4.69) is 27.7 Å². The lowest BCUT2D eigenvalue weighted by Gasteiger charge is -2.05. The molecule has 2 rings (SSSR count). The number of ether oxygens (including phenoxy) is 1. The standard InChI is InChI=1S/C9H11IN2O2/c1-2-14-9(13)8-7(10)5-11-12(8)6-3-4-6/h5-6H,2-4H2,1H3.